The second-order valence-corrected chi connectivity index (χ2v) is 9.51. The molecule has 1 saturated heterocycles. The van der Waals surface area contributed by atoms with E-state index >= 15 is 0 Å². The van der Waals surface area contributed by atoms with Gasteiger partial charge in [-0.1, -0.05) is 6.07 Å². The van der Waals surface area contributed by atoms with Crippen molar-refractivity contribution in [2.75, 3.05) is 37.5 Å². The number of benzene rings is 1. The van der Waals surface area contributed by atoms with Crippen molar-refractivity contribution in [1.82, 2.24) is 35.2 Å². The molecule has 3 amide bonds. The lowest BCUT2D eigenvalue weighted by Gasteiger charge is -2.34. The number of para-hydroxylation sites is 1. The number of nitrogens with one attached hydrogen (secondary N) is 2. The van der Waals surface area contributed by atoms with E-state index in [4.69, 9.17) is 4.74 Å². The Morgan fingerprint density at radius 2 is 1.92 bits per heavy atom. The zero-order chi connectivity index (χ0) is 27.7. The molecule has 3 heterocycles. The van der Waals surface area contributed by atoms with Crippen molar-refractivity contribution in [2.45, 2.75) is 37.6 Å². The fourth-order valence-corrected chi connectivity index (χ4v) is 4.98. The van der Waals surface area contributed by atoms with Crippen LogP contribution >= 0.6 is 0 Å². The SMILES string of the molecule is CNC(=O)c1nnc(N2CCN(C3CCC(F)(F)CC3)C2=O)cc1Nc1cccc(-c2ncn(C)n2)c1OC. The van der Waals surface area contributed by atoms with Gasteiger partial charge >= 0.3 is 6.03 Å². The number of rotatable bonds is 7. The largest absolute Gasteiger partial charge is 0.494 e. The number of carbonyl (C=O) groups excluding carboxylic acids is 2. The molecule has 12 nitrogen and oxygen atoms in total. The first-order chi connectivity index (χ1) is 18.7. The summed E-state index contributed by atoms with van der Waals surface area (Å²) in [5, 5.41) is 18.4. The Kier molecular flexibility index (Phi) is 7.02. The van der Waals surface area contributed by atoms with Crippen LogP contribution in [0.2, 0.25) is 0 Å². The third kappa shape index (κ3) is 5.18. The molecule has 2 aliphatic rings. The second kappa shape index (κ2) is 10.4. The molecule has 39 heavy (non-hydrogen) atoms. The quantitative estimate of drug-likeness (QED) is 0.467. The molecule has 206 valence electrons. The van der Waals surface area contributed by atoms with Crippen LogP contribution in [0.4, 0.5) is 30.8 Å². The van der Waals surface area contributed by atoms with Gasteiger partial charge in [0, 0.05) is 52.1 Å². The number of anilines is 3. The lowest BCUT2D eigenvalue weighted by atomic mass is 9.91. The fraction of sp³-hybridized carbons (Fsp3) is 0.440. The molecule has 2 N–H and O–H groups in total. The van der Waals surface area contributed by atoms with Gasteiger partial charge in [-0.3, -0.25) is 14.4 Å². The first-order valence-electron chi connectivity index (χ1n) is 12.6. The van der Waals surface area contributed by atoms with E-state index in [1.54, 1.807) is 41.2 Å². The van der Waals surface area contributed by atoms with E-state index < -0.39 is 11.8 Å². The third-order valence-corrected chi connectivity index (χ3v) is 7.00. The number of ether oxygens (including phenoxy) is 1. The summed E-state index contributed by atoms with van der Waals surface area (Å²) in [6.45, 7) is 0.715. The van der Waals surface area contributed by atoms with Crippen LogP contribution in [0.5, 0.6) is 5.75 Å². The molecule has 0 bridgehead atoms. The molecule has 5 rings (SSSR count). The zero-order valence-electron chi connectivity index (χ0n) is 21.8. The summed E-state index contributed by atoms with van der Waals surface area (Å²) in [5.41, 5.74) is 1.47. The van der Waals surface area contributed by atoms with Crippen molar-refractivity contribution >= 4 is 29.1 Å². The fourth-order valence-electron chi connectivity index (χ4n) is 4.98. The minimum absolute atomic E-state index is 0.0164. The molecule has 1 saturated carbocycles. The van der Waals surface area contributed by atoms with Crippen molar-refractivity contribution in [3.8, 4) is 17.1 Å². The maximum Gasteiger partial charge on any atom is 0.326 e. The van der Waals surface area contributed by atoms with Gasteiger partial charge in [-0.25, -0.2) is 18.6 Å². The molecule has 0 radical (unpaired) electrons. The number of hydrogen-bond acceptors (Lipinski definition) is 8. The molecule has 2 aromatic heterocycles. The van der Waals surface area contributed by atoms with Crippen LogP contribution < -0.4 is 20.3 Å². The van der Waals surface area contributed by atoms with Gasteiger partial charge in [-0.15, -0.1) is 10.2 Å². The van der Waals surface area contributed by atoms with E-state index in [1.807, 2.05) is 6.07 Å². The average Bonchev–Trinajstić information content (AvgIpc) is 3.53. The van der Waals surface area contributed by atoms with Gasteiger partial charge in [0.05, 0.1) is 24.0 Å². The molecular weight excluding hydrogens is 512 g/mol. The highest BCUT2D eigenvalue weighted by atomic mass is 19.3. The Labute approximate surface area is 223 Å². The Bertz CT molecular complexity index is 1390. The first kappa shape index (κ1) is 26.3. The third-order valence-electron chi connectivity index (χ3n) is 7.00. The highest BCUT2D eigenvalue weighted by Gasteiger charge is 2.42. The topological polar surface area (TPSA) is 130 Å². The second-order valence-electron chi connectivity index (χ2n) is 9.51. The van der Waals surface area contributed by atoms with Gasteiger partial charge < -0.3 is 20.3 Å². The summed E-state index contributed by atoms with van der Waals surface area (Å²) in [4.78, 5) is 33.3. The minimum atomic E-state index is -2.67. The van der Waals surface area contributed by atoms with Gasteiger partial charge in [-0.2, -0.15) is 5.10 Å². The van der Waals surface area contributed by atoms with Crippen LogP contribution in [0.3, 0.4) is 0 Å². The predicted molar refractivity (Wildman–Crippen MR) is 138 cm³/mol. The van der Waals surface area contributed by atoms with Gasteiger partial charge in [0.15, 0.2) is 23.1 Å². The van der Waals surface area contributed by atoms with Crippen molar-refractivity contribution in [3.05, 3.63) is 36.3 Å². The van der Waals surface area contributed by atoms with E-state index in [2.05, 4.69) is 30.9 Å². The maximum atomic E-state index is 13.6. The molecule has 14 heteroatoms. The Hall–Kier alpha value is -4.36. The highest BCUT2D eigenvalue weighted by Crippen LogP contribution is 2.39. The standard InChI is InChI=1S/C25H29F2N9O3/c1-28-23(37)20-18(30-17-6-4-5-16(21(17)39-3)22-29-14-34(2)33-22)13-19(31-32-20)36-12-11-35(24(36)38)15-7-9-25(26,27)10-8-15/h4-6,13-15H,7-12H2,1-3H3,(H,28,37)(H,30,31). The van der Waals surface area contributed by atoms with Gasteiger partial charge in [-0.05, 0) is 25.0 Å². The molecular formula is C25H29F2N9O3. The molecule has 2 fully saturated rings. The lowest BCUT2D eigenvalue weighted by molar-refractivity contribution is -0.0481. The van der Waals surface area contributed by atoms with Crippen molar-refractivity contribution in [3.63, 3.8) is 0 Å². The number of carbonyl (C=O) groups is 2. The van der Waals surface area contributed by atoms with Crippen LogP contribution in [-0.2, 0) is 7.05 Å². The van der Waals surface area contributed by atoms with E-state index in [1.165, 1.54) is 19.1 Å². The van der Waals surface area contributed by atoms with E-state index in [9.17, 15) is 18.4 Å². The number of hydrogen-bond donors (Lipinski definition) is 2. The highest BCUT2D eigenvalue weighted by molar-refractivity contribution is 6.00. The van der Waals surface area contributed by atoms with Gasteiger partial charge in [0.25, 0.3) is 5.91 Å². The Morgan fingerprint density at radius 1 is 1.15 bits per heavy atom. The Balaban J connectivity index is 1.44. The predicted octanol–water partition coefficient (Wildman–Crippen LogP) is 3.20. The maximum absolute atomic E-state index is 13.6. The molecule has 1 aliphatic heterocycles. The summed E-state index contributed by atoms with van der Waals surface area (Å²) in [7, 11) is 4.75. The smallest absolute Gasteiger partial charge is 0.326 e. The normalized spacial score (nSPS) is 17.4. The molecule has 1 aromatic carbocycles. The Morgan fingerprint density at radius 3 is 2.59 bits per heavy atom. The molecule has 1 aliphatic carbocycles. The number of aromatic nitrogens is 5. The summed E-state index contributed by atoms with van der Waals surface area (Å²) < 4.78 is 34.5. The van der Waals surface area contributed by atoms with Crippen LogP contribution in [0.15, 0.2) is 30.6 Å². The summed E-state index contributed by atoms with van der Waals surface area (Å²) in [6, 6.07) is 6.37. The molecule has 0 atom stereocenters. The summed E-state index contributed by atoms with van der Waals surface area (Å²) in [6.07, 6.45) is 1.62. The number of nitrogens with zero attached hydrogens (tertiary/aromatic N) is 7. The van der Waals surface area contributed by atoms with Crippen LogP contribution in [0.25, 0.3) is 11.4 Å². The number of amides is 3. The monoisotopic (exact) mass is 541 g/mol. The van der Waals surface area contributed by atoms with Crippen molar-refractivity contribution in [2.24, 2.45) is 7.05 Å². The van der Waals surface area contributed by atoms with Crippen LogP contribution in [-0.4, -0.2) is 81.0 Å². The molecule has 3 aromatic rings. The first-order valence-corrected chi connectivity index (χ1v) is 12.6. The van der Waals surface area contributed by atoms with Gasteiger partial charge in [0.2, 0.25) is 5.92 Å². The van der Waals surface area contributed by atoms with E-state index in [0.717, 1.165) is 0 Å². The van der Waals surface area contributed by atoms with Crippen molar-refractivity contribution < 1.29 is 23.1 Å². The average molecular weight is 542 g/mol. The summed E-state index contributed by atoms with van der Waals surface area (Å²) in [5.74, 6) is -2.01. The molecule has 0 unspecified atom stereocenters. The number of urea groups is 1. The molecule has 0 spiro atoms. The van der Waals surface area contributed by atoms with Gasteiger partial charge in [0.1, 0.15) is 6.33 Å². The van der Waals surface area contributed by atoms with E-state index in [0.29, 0.717) is 41.6 Å². The number of methoxy groups -OCH3 is 1. The number of halogens is 2. The van der Waals surface area contributed by atoms with Crippen molar-refractivity contribution in [1.29, 1.82) is 0 Å². The lowest BCUT2D eigenvalue weighted by Crippen LogP contribution is -2.43. The van der Waals surface area contributed by atoms with Crippen LogP contribution in [0.1, 0.15) is 36.2 Å². The number of alkyl halides is 2. The summed E-state index contributed by atoms with van der Waals surface area (Å²) >= 11 is 0. The zero-order valence-corrected chi connectivity index (χ0v) is 21.8. The number of aryl methyl sites for hydroxylation is 1. The minimum Gasteiger partial charge on any atom is -0.494 e. The van der Waals surface area contributed by atoms with Crippen LogP contribution in [0, 0.1) is 0 Å². The van der Waals surface area contributed by atoms with E-state index in [-0.39, 0.29) is 49.3 Å².